The molecule has 134 valence electrons. The van der Waals surface area contributed by atoms with Gasteiger partial charge in [-0.3, -0.25) is 4.79 Å². The Morgan fingerprint density at radius 2 is 1.96 bits per heavy atom. The summed E-state index contributed by atoms with van der Waals surface area (Å²) < 4.78 is 27.1. The molecule has 1 amide bonds. The van der Waals surface area contributed by atoms with E-state index in [0.29, 0.717) is 0 Å². The van der Waals surface area contributed by atoms with E-state index in [0.717, 1.165) is 42.9 Å². The minimum absolute atomic E-state index is 0. The summed E-state index contributed by atoms with van der Waals surface area (Å²) in [6.07, 6.45) is 0.878. The maximum atomic E-state index is 14.0. The second-order valence-electron chi connectivity index (χ2n) is 5.68. The van der Waals surface area contributed by atoms with Crippen molar-refractivity contribution in [2.45, 2.75) is 22.6 Å². The van der Waals surface area contributed by atoms with E-state index in [9.17, 15) is 13.6 Å². The van der Waals surface area contributed by atoms with Crippen LogP contribution in [0.1, 0.15) is 17.2 Å². The van der Waals surface area contributed by atoms with Crippen molar-refractivity contribution in [3.05, 3.63) is 65.7 Å². The highest BCUT2D eigenvalue weighted by molar-refractivity contribution is 8.00. The average molecular weight is 385 g/mol. The van der Waals surface area contributed by atoms with E-state index < -0.39 is 16.9 Å². The number of hydrogen-bond acceptors (Lipinski definition) is 3. The van der Waals surface area contributed by atoms with Gasteiger partial charge in [-0.1, -0.05) is 30.3 Å². The first-order chi connectivity index (χ1) is 11.6. The Balaban J connectivity index is 0.00000225. The monoisotopic (exact) mass is 384 g/mol. The molecule has 0 aliphatic carbocycles. The summed E-state index contributed by atoms with van der Waals surface area (Å²) in [5.74, 6) is -1.45. The van der Waals surface area contributed by atoms with Crippen LogP contribution in [0.15, 0.2) is 53.4 Å². The van der Waals surface area contributed by atoms with Gasteiger partial charge in [0, 0.05) is 23.5 Å². The number of amides is 1. The Morgan fingerprint density at radius 3 is 2.60 bits per heavy atom. The summed E-state index contributed by atoms with van der Waals surface area (Å²) in [5, 5.41) is 5.62. The lowest BCUT2D eigenvalue weighted by Gasteiger charge is -2.20. The Morgan fingerprint density at radius 1 is 1.20 bits per heavy atom. The largest absolute Gasteiger partial charge is 0.351 e. The van der Waals surface area contributed by atoms with E-state index in [1.54, 1.807) is 0 Å². The van der Waals surface area contributed by atoms with Gasteiger partial charge in [-0.05, 0) is 30.7 Å². The lowest BCUT2D eigenvalue weighted by Crippen LogP contribution is -2.38. The van der Waals surface area contributed by atoms with Gasteiger partial charge in [0.1, 0.15) is 16.9 Å². The van der Waals surface area contributed by atoms with E-state index in [1.165, 1.54) is 12.1 Å². The molecule has 3 nitrogen and oxygen atoms in total. The summed E-state index contributed by atoms with van der Waals surface area (Å²) in [4.78, 5) is 13.0. The fourth-order valence-electron chi connectivity index (χ4n) is 2.65. The molecule has 2 atom stereocenters. The van der Waals surface area contributed by atoms with Crippen LogP contribution in [0.25, 0.3) is 0 Å². The van der Waals surface area contributed by atoms with Crippen LogP contribution < -0.4 is 10.6 Å². The molecule has 1 saturated heterocycles. The van der Waals surface area contributed by atoms with E-state index in [1.807, 2.05) is 30.3 Å². The van der Waals surface area contributed by atoms with E-state index in [4.69, 9.17) is 0 Å². The third-order valence-electron chi connectivity index (χ3n) is 3.89. The molecule has 1 fully saturated rings. The van der Waals surface area contributed by atoms with Crippen LogP contribution >= 0.6 is 24.2 Å². The van der Waals surface area contributed by atoms with Crippen LogP contribution in [-0.2, 0) is 4.79 Å². The molecule has 2 aromatic rings. The van der Waals surface area contributed by atoms with Gasteiger partial charge >= 0.3 is 0 Å². The first-order valence-electron chi connectivity index (χ1n) is 7.81. The Labute approximate surface area is 156 Å². The van der Waals surface area contributed by atoms with Crippen LogP contribution in [-0.4, -0.2) is 25.0 Å². The van der Waals surface area contributed by atoms with Crippen molar-refractivity contribution < 1.29 is 13.6 Å². The minimum Gasteiger partial charge on any atom is -0.351 e. The quantitative estimate of drug-likeness (QED) is 0.772. The Bertz CT molecular complexity index is 711. The summed E-state index contributed by atoms with van der Waals surface area (Å²) in [6, 6.07) is 12.7. The number of rotatable bonds is 5. The van der Waals surface area contributed by atoms with Gasteiger partial charge in [-0.2, -0.15) is 0 Å². The molecule has 2 unspecified atom stereocenters. The van der Waals surface area contributed by atoms with Gasteiger partial charge in [0.25, 0.3) is 0 Å². The Hall–Kier alpha value is -1.63. The normalized spacial score (nSPS) is 17.6. The van der Waals surface area contributed by atoms with E-state index in [-0.39, 0.29) is 29.3 Å². The molecular formula is C18H19ClF2N2OS. The van der Waals surface area contributed by atoms with Crippen molar-refractivity contribution in [3.63, 3.8) is 0 Å². The summed E-state index contributed by atoms with van der Waals surface area (Å²) in [7, 11) is 0. The van der Waals surface area contributed by atoms with Crippen molar-refractivity contribution in [2.75, 3.05) is 13.1 Å². The van der Waals surface area contributed by atoms with Gasteiger partial charge in [0.15, 0.2) is 0 Å². The lowest BCUT2D eigenvalue weighted by atomic mass is 10.1. The fraction of sp³-hybridized carbons (Fsp3) is 0.278. The third-order valence-corrected chi connectivity index (χ3v) is 5.19. The minimum atomic E-state index is -0.656. The second kappa shape index (κ2) is 9.17. The standard InChI is InChI=1S/C18H18F2N2OS.ClH/c19-13-6-7-16(15(20)10-13)24-17(12-4-2-1-3-5-12)18(23)22-14-8-9-21-11-14;/h1-7,10,14,17,21H,8-9,11H2,(H,22,23);1H. The highest BCUT2D eigenvalue weighted by Crippen LogP contribution is 2.37. The third kappa shape index (κ3) is 5.17. The predicted molar refractivity (Wildman–Crippen MR) is 98.1 cm³/mol. The molecule has 0 aromatic heterocycles. The molecule has 2 aromatic carbocycles. The smallest absolute Gasteiger partial charge is 0.238 e. The van der Waals surface area contributed by atoms with Crippen molar-refractivity contribution >= 4 is 30.1 Å². The van der Waals surface area contributed by atoms with Gasteiger partial charge in [0.05, 0.1) is 0 Å². The lowest BCUT2D eigenvalue weighted by molar-refractivity contribution is -0.121. The summed E-state index contributed by atoms with van der Waals surface area (Å²) >= 11 is 1.09. The number of carbonyl (C=O) groups excluding carboxylic acids is 1. The van der Waals surface area contributed by atoms with Crippen LogP contribution in [0.5, 0.6) is 0 Å². The zero-order chi connectivity index (χ0) is 16.9. The molecule has 1 aliphatic rings. The molecule has 3 rings (SSSR count). The number of carbonyl (C=O) groups is 1. The summed E-state index contributed by atoms with van der Waals surface area (Å²) in [5.41, 5.74) is 0.787. The first kappa shape index (κ1) is 19.7. The number of halogens is 3. The molecule has 1 aliphatic heterocycles. The van der Waals surface area contributed by atoms with E-state index in [2.05, 4.69) is 10.6 Å². The molecule has 1 heterocycles. The van der Waals surface area contributed by atoms with Crippen LogP contribution in [0.4, 0.5) is 8.78 Å². The predicted octanol–water partition coefficient (Wildman–Crippen LogP) is 3.70. The topological polar surface area (TPSA) is 41.1 Å². The van der Waals surface area contributed by atoms with Gasteiger partial charge in [-0.25, -0.2) is 8.78 Å². The van der Waals surface area contributed by atoms with Crippen LogP contribution in [0.2, 0.25) is 0 Å². The maximum Gasteiger partial charge on any atom is 0.238 e. The second-order valence-corrected chi connectivity index (χ2v) is 6.83. The van der Waals surface area contributed by atoms with Crippen molar-refractivity contribution in [3.8, 4) is 0 Å². The summed E-state index contributed by atoms with van der Waals surface area (Å²) in [6.45, 7) is 1.61. The number of hydrogen-bond donors (Lipinski definition) is 2. The molecule has 0 bridgehead atoms. The highest BCUT2D eigenvalue weighted by Gasteiger charge is 2.26. The van der Waals surface area contributed by atoms with Crippen molar-refractivity contribution in [1.29, 1.82) is 0 Å². The number of benzene rings is 2. The zero-order valence-electron chi connectivity index (χ0n) is 13.4. The zero-order valence-corrected chi connectivity index (χ0v) is 15.0. The van der Waals surface area contributed by atoms with Crippen LogP contribution in [0, 0.1) is 11.6 Å². The Kier molecular flexibility index (Phi) is 7.23. The molecule has 2 N–H and O–H groups in total. The average Bonchev–Trinajstić information content (AvgIpc) is 3.08. The number of thioether (sulfide) groups is 1. The first-order valence-corrected chi connectivity index (χ1v) is 8.69. The van der Waals surface area contributed by atoms with E-state index >= 15 is 0 Å². The van der Waals surface area contributed by atoms with Gasteiger partial charge < -0.3 is 10.6 Å². The maximum absolute atomic E-state index is 14.0. The fourth-order valence-corrected chi connectivity index (χ4v) is 3.69. The van der Waals surface area contributed by atoms with Crippen LogP contribution in [0.3, 0.4) is 0 Å². The SMILES string of the molecule is Cl.O=C(NC1CCNC1)C(Sc1ccc(F)cc1F)c1ccccc1. The molecular weight excluding hydrogens is 366 g/mol. The van der Waals surface area contributed by atoms with Crippen molar-refractivity contribution in [1.82, 2.24) is 10.6 Å². The van der Waals surface area contributed by atoms with Gasteiger partial charge in [0.2, 0.25) is 5.91 Å². The molecule has 0 spiro atoms. The molecule has 0 radical (unpaired) electrons. The number of nitrogens with one attached hydrogen (secondary N) is 2. The molecule has 25 heavy (non-hydrogen) atoms. The molecule has 7 heteroatoms. The van der Waals surface area contributed by atoms with Crippen molar-refractivity contribution in [2.24, 2.45) is 0 Å². The molecule has 0 saturated carbocycles. The highest BCUT2D eigenvalue weighted by atomic mass is 35.5. The van der Waals surface area contributed by atoms with Gasteiger partial charge in [-0.15, -0.1) is 24.2 Å².